The lowest BCUT2D eigenvalue weighted by molar-refractivity contribution is 1.06. The van der Waals surface area contributed by atoms with Crippen LogP contribution in [0.4, 0.5) is 0 Å². The second-order valence-electron chi connectivity index (χ2n) is 5.59. The average Bonchev–Trinajstić information content (AvgIpc) is 2.60. The summed E-state index contributed by atoms with van der Waals surface area (Å²) in [5.74, 6) is 0. The van der Waals surface area contributed by atoms with Crippen molar-refractivity contribution in [2.45, 2.75) is 13.3 Å². The Morgan fingerprint density at radius 2 is 1.55 bits per heavy atom. The van der Waals surface area contributed by atoms with Gasteiger partial charge in [-0.1, -0.05) is 61.5 Å². The first-order chi connectivity index (χ1) is 10.8. The van der Waals surface area contributed by atoms with E-state index in [1.54, 1.807) is 0 Å². The van der Waals surface area contributed by atoms with E-state index in [-0.39, 0.29) is 0 Å². The minimum absolute atomic E-state index is 0.950. The molecule has 0 aliphatic carbocycles. The third-order valence-corrected chi connectivity index (χ3v) is 4.19. The van der Waals surface area contributed by atoms with E-state index < -0.39 is 0 Å². The zero-order chi connectivity index (χ0) is 14.9. The number of hydrogen-bond acceptors (Lipinski definition) is 1. The van der Waals surface area contributed by atoms with Crippen LogP contribution in [0, 0.1) is 0 Å². The molecule has 106 valence electrons. The maximum Gasteiger partial charge on any atom is 0.0711 e. The highest BCUT2D eigenvalue weighted by Crippen LogP contribution is 2.31. The summed E-state index contributed by atoms with van der Waals surface area (Å²) in [7, 11) is 0. The highest BCUT2D eigenvalue weighted by Gasteiger charge is 2.07. The van der Waals surface area contributed by atoms with E-state index in [0.29, 0.717) is 0 Å². The van der Waals surface area contributed by atoms with E-state index in [1.807, 2.05) is 0 Å². The molecule has 4 rings (SSSR count). The Morgan fingerprint density at radius 1 is 0.773 bits per heavy atom. The molecule has 0 radical (unpaired) electrons. The summed E-state index contributed by atoms with van der Waals surface area (Å²) in [5.41, 5.74) is 4.74. The van der Waals surface area contributed by atoms with Crippen molar-refractivity contribution >= 4 is 21.7 Å². The molecule has 1 aromatic heterocycles. The number of nitrogens with zero attached hydrogens (tertiary/aromatic N) is 1. The van der Waals surface area contributed by atoms with Crippen LogP contribution in [0.15, 0.2) is 72.8 Å². The van der Waals surface area contributed by atoms with Crippen molar-refractivity contribution in [1.82, 2.24) is 4.98 Å². The van der Waals surface area contributed by atoms with Crippen molar-refractivity contribution in [1.29, 1.82) is 0 Å². The molecule has 0 bridgehead atoms. The van der Waals surface area contributed by atoms with E-state index in [4.69, 9.17) is 4.98 Å². The van der Waals surface area contributed by atoms with Crippen LogP contribution in [0.3, 0.4) is 0 Å². The summed E-state index contributed by atoms with van der Waals surface area (Å²) in [6.07, 6.45) is 0.950. The number of aromatic nitrogens is 1. The summed E-state index contributed by atoms with van der Waals surface area (Å²) in [6.45, 7) is 2.15. The predicted octanol–water partition coefficient (Wildman–Crippen LogP) is 5.62. The Bertz CT molecular complexity index is 970. The molecular formula is C21H17N. The number of aryl methyl sites for hydroxylation is 1. The van der Waals surface area contributed by atoms with Crippen molar-refractivity contribution < 1.29 is 0 Å². The number of hydrogen-bond donors (Lipinski definition) is 0. The van der Waals surface area contributed by atoms with Crippen LogP contribution < -0.4 is 0 Å². The van der Waals surface area contributed by atoms with Gasteiger partial charge in [0.25, 0.3) is 0 Å². The lowest BCUT2D eigenvalue weighted by atomic mass is 9.97. The van der Waals surface area contributed by atoms with Crippen LogP contribution in [0.25, 0.3) is 32.8 Å². The van der Waals surface area contributed by atoms with Gasteiger partial charge in [-0.2, -0.15) is 0 Å². The second-order valence-corrected chi connectivity index (χ2v) is 5.59. The Hall–Kier alpha value is -2.67. The minimum Gasteiger partial charge on any atom is -0.253 e. The molecule has 1 heteroatoms. The molecule has 0 amide bonds. The molecule has 0 atom stereocenters. The Kier molecular flexibility index (Phi) is 3.12. The summed E-state index contributed by atoms with van der Waals surface area (Å²) in [5, 5.41) is 3.77. The molecule has 1 nitrogen and oxygen atoms in total. The lowest BCUT2D eigenvalue weighted by Crippen LogP contribution is -1.91. The van der Waals surface area contributed by atoms with Gasteiger partial charge in [-0.15, -0.1) is 0 Å². The SMILES string of the molecule is CCc1cc(-c2ccc3ccccc3c2)c2ccccc2n1. The van der Waals surface area contributed by atoms with Gasteiger partial charge in [-0.05, 0) is 46.5 Å². The van der Waals surface area contributed by atoms with Crippen LogP contribution >= 0.6 is 0 Å². The van der Waals surface area contributed by atoms with Crippen LogP contribution in [0.1, 0.15) is 12.6 Å². The number of rotatable bonds is 2. The standard InChI is InChI=1S/C21H17N/c1-2-18-14-20(19-9-5-6-10-21(19)22-18)17-12-11-15-7-3-4-8-16(15)13-17/h3-14H,2H2,1H3. The topological polar surface area (TPSA) is 12.9 Å². The van der Waals surface area contributed by atoms with Gasteiger partial charge in [0.2, 0.25) is 0 Å². The van der Waals surface area contributed by atoms with E-state index >= 15 is 0 Å². The zero-order valence-corrected chi connectivity index (χ0v) is 12.6. The molecule has 22 heavy (non-hydrogen) atoms. The zero-order valence-electron chi connectivity index (χ0n) is 12.6. The number of fused-ring (bicyclic) bond motifs is 2. The van der Waals surface area contributed by atoms with Gasteiger partial charge < -0.3 is 0 Å². The third kappa shape index (κ3) is 2.15. The monoisotopic (exact) mass is 283 g/mol. The fraction of sp³-hybridized carbons (Fsp3) is 0.0952. The highest BCUT2D eigenvalue weighted by atomic mass is 14.7. The van der Waals surface area contributed by atoms with Gasteiger partial charge in [0.1, 0.15) is 0 Å². The van der Waals surface area contributed by atoms with Gasteiger partial charge in [-0.25, -0.2) is 0 Å². The van der Waals surface area contributed by atoms with E-state index in [9.17, 15) is 0 Å². The van der Waals surface area contributed by atoms with E-state index in [0.717, 1.165) is 17.6 Å². The lowest BCUT2D eigenvalue weighted by Gasteiger charge is -2.10. The Labute approximate surface area is 130 Å². The molecule has 0 unspecified atom stereocenters. The molecule has 0 saturated carbocycles. The average molecular weight is 283 g/mol. The maximum absolute atomic E-state index is 4.74. The molecule has 1 heterocycles. The smallest absolute Gasteiger partial charge is 0.0711 e. The van der Waals surface area contributed by atoms with Gasteiger partial charge in [0.15, 0.2) is 0 Å². The van der Waals surface area contributed by atoms with Crippen LogP contribution in [-0.2, 0) is 6.42 Å². The molecule has 0 saturated heterocycles. The van der Waals surface area contributed by atoms with Crippen LogP contribution in [0.5, 0.6) is 0 Å². The van der Waals surface area contributed by atoms with Gasteiger partial charge in [0.05, 0.1) is 5.52 Å². The van der Waals surface area contributed by atoms with E-state index in [2.05, 4.69) is 79.7 Å². The largest absolute Gasteiger partial charge is 0.253 e. The predicted molar refractivity (Wildman–Crippen MR) is 94.1 cm³/mol. The van der Waals surface area contributed by atoms with Gasteiger partial charge in [0, 0.05) is 11.1 Å². The molecular weight excluding hydrogens is 266 g/mol. The molecule has 0 N–H and O–H groups in total. The molecule has 0 fully saturated rings. The van der Waals surface area contributed by atoms with Crippen LogP contribution in [0.2, 0.25) is 0 Å². The highest BCUT2D eigenvalue weighted by molar-refractivity contribution is 5.97. The second kappa shape index (κ2) is 5.27. The molecule has 0 aliphatic rings. The Morgan fingerprint density at radius 3 is 2.41 bits per heavy atom. The Balaban J connectivity index is 2.02. The first-order valence-corrected chi connectivity index (χ1v) is 7.73. The maximum atomic E-state index is 4.74. The molecule has 0 spiro atoms. The van der Waals surface area contributed by atoms with Crippen molar-refractivity contribution in [3.05, 3.63) is 78.5 Å². The molecule has 0 aliphatic heterocycles. The normalized spacial score (nSPS) is 11.1. The van der Waals surface area contributed by atoms with Gasteiger partial charge in [-0.3, -0.25) is 4.98 Å². The van der Waals surface area contributed by atoms with Crippen LogP contribution in [-0.4, -0.2) is 4.98 Å². The summed E-state index contributed by atoms with van der Waals surface area (Å²) in [6, 6.07) is 25.8. The van der Waals surface area contributed by atoms with Gasteiger partial charge >= 0.3 is 0 Å². The molecule has 3 aromatic carbocycles. The number of benzene rings is 3. The minimum atomic E-state index is 0.950. The van der Waals surface area contributed by atoms with Crippen molar-refractivity contribution in [2.24, 2.45) is 0 Å². The number of para-hydroxylation sites is 1. The summed E-state index contributed by atoms with van der Waals surface area (Å²) < 4.78 is 0. The summed E-state index contributed by atoms with van der Waals surface area (Å²) >= 11 is 0. The van der Waals surface area contributed by atoms with Crippen molar-refractivity contribution in [3.63, 3.8) is 0 Å². The molecule has 4 aromatic rings. The third-order valence-electron chi connectivity index (χ3n) is 4.19. The summed E-state index contributed by atoms with van der Waals surface area (Å²) in [4.78, 5) is 4.74. The fourth-order valence-corrected chi connectivity index (χ4v) is 3.01. The first kappa shape index (κ1) is 13.0. The fourth-order valence-electron chi connectivity index (χ4n) is 3.01. The van der Waals surface area contributed by atoms with Crippen molar-refractivity contribution in [2.75, 3.05) is 0 Å². The quantitative estimate of drug-likeness (QED) is 0.465. The number of pyridine rings is 1. The van der Waals surface area contributed by atoms with E-state index in [1.165, 1.54) is 27.3 Å². The first-order valence-electron chi connectivity index (χ1n) is 7.73. The van der Waals surface area contributed by atoms with Crippen molar-refractivity contribution in [3.8, 4) is 11.1 Å².